The standard InChI is InChI=1S/C14H19BrN2O2/c1-10-6-7-16-9-13(8-14(18)19)17(10)12-4-2-11(15)3-5-12/h2-5,10,13,16H,6-9H2,1H3,(H,18,19). The number of nitrogens with zero attached hydrogens (tertiary/aromatic N) is 1. The van der Waals surface area contributed by atoms with Crippen molar-refractivity contribution < 1.29 is 9.90 Å². The lowest BCUT2D eigenvalue weighted by molar-refractivity contribution is -0.137. The Labute approximate surface area is 121 Å². The van der Waals surface area contributed by atoms with Crippen molar-refractivity contribution in [3.8, 4) is 0 Å². The number of rotatable bonds is 3. The van der Waals surface area contributed by atoms with Crippen molar-refractivity contribution in [2.75, 3.05) is 18.0 Å². The predicted molar refractivity (Wildman–Crippen MR) is 79.6 cm³/mol. The molecule has 1 aromatic rings. The lowest BCUT2D eigenvalue weighted by atomic mass is 10.1. The van der Waals surface area contributed by atoms with Gasteiger partial charge in [-0.3, -0.25) is 4.79 Å². The van der Waals surface area contributed by atoms with Gasteiger partial charge >= 0.3 is 5.97 Å². The van der Waals surface area contributed by atoms with Gasteiger partial charge in [0.05, 0.1) is 12.5 Å². The molecule has 1 heterocycles. The summed E-state index contributed by atoms with van der Waals surface area (Å²) in [6.07, 6.45) is 1.18. The fourth-order valence-corrected chi connectivity index (χ4v) is 2.89. The minimum absolute atomic E-state index is 0.00354. The Kier molecular flexibility index (Phi) is 4.82. The van der Waals surface area contributed by atoms with Crippen LogP contribution in [-0.4, -0.2) is 36.2 Å². The van der Waals surface area contributed by atoms with Gasteiger partial charge in [-0.2, -0.15) is 0 Å². The summed E-state index contributed by atoms with van der Waals surface area (Å²) in [6, 6.07) is 8.41. The van der Waals surface area contributed by atoms with E-state index < -0.39 is 5.97 Å². The molecular formula is C14H19BrN2O2. The second-order valence-electron chi connectivity index (χ2n) is 4.98. The number of carbonyl (C=O) groups is 1. The maximum atomic E-state index is 11.1. The van der Waals surface area contributed by atoms with Crippen LogP contribution >= 0.6 is 15.9 Å². The smallest absolute Gasteiger partial charge is 0.305 e. The zero-order chi connectivity index (χ0) is 13.8. The van der Waals surface area contributed by atoms with E-state index in [0.29, 0.717) is 12.6 Å². The molecule has 2 rings (SSSR count). The molecule has 4 nitrogen and oxygen atoms in total. The summed E-state index contributed by atoms with van der Waals surface area (Å²) >= 11 is 3.43. The zero-order valence-corrected chi connectivity index (χ0v) is 12.6. The number of carboxylic acids is 1. The highest BCUT2D eigenvalue weighted by Crippen LogP contribution is 2.26. The number of nitrogens with one attached hydrogen (secondary N) is 1. The van der Waals surface area contributed by atoms with E-state index in [1.54, 1.807) is 0 Å². The number of aliphatic carboxylic acids is 1. The Hall–Kier alpha value is -1.07. The van der Waals surface area contributed by atoms with Crippen molar-refractivity contribution in [1.29, 1.82) is 0 Å². The van der Waals surface area contributed by atoms with Crippen LogP contribution in [0.3, 0.4) is 0 Å². The van der Waals surface area contributed by atoms with Gasteiger partial charge in [-0.05, 0) is 44.2 Å². The maximum Gasteiger partial charge on any atom is 0.305 e. The van der Waals surface area contributed by atoms with Crippen LogP contribution in [0.5, 0.6) is 0 Å². The first-order chi connectivity index (χ1) is 9.08. The molecule has 19 heavy (non-hydrogen) atoms. The van der Waals surface area contributed by atoms with Gasteiger partial charge in [-0.15, -0.1) is 0 Å². The molecule has 1 aliphatic heterocycles. The second-order valence-corrected chi connectivity index (χ2v) is 5.89. The normalized spacial score (nSPS) is 24.0. The molecule has 1 fully saturated rings. The number of carboxylic acid groups (broad SMARTS) is 1. The van der Waals surface area contributed by atoms with Crippen LogP contribution in [0.4, 0.5) is 5.69 Å². The second kappa shape index (κ2) is 6.39. The van der Waals surface area contributed by atoms with Crippen molar-refractivity contribution in [2.45, 2.75) is 31.8 Å². The van der Waals surface area contributed by atoms with E-state index in [2.05, 4.69) is 33.1 Å². The number of halogens is 1. The SMILES string of the molecule is CC1CCNCC(CC(=O)O)N1c1ccc(Br)cc1. The molecule has 2 N–H and O–H groups in total. The first kappa shape index (κ1) is 14.3. The fraction of sp³-hybridized carbons (Fsp3) is 0.500. The number of hydrogen-bond donors (Lipinski definition) is 2. The van der Waals surface area contributed by atoms with Crippen molar-refractivity contribution in [3.63, 3.8) is 0 Å². The molecule has 0 spiro atoms. The van der Waals surface area contributed by atoms with Crippen LogP contribution in [0.2, 0.25) is 0 Å². The molecule has 0 aromatic heterocycles. The summed E-state index contributed by atoms with van der Waals surface area (Å²) in [7, 11) is 0. The minimum Gasteiger partial charge on any atom is -0.481 e. The Morgan fingerprint density at radius 1 is 1.47 bits per heavy atom. The first-order valence-electron chi connectivity index (χ1n) is 6.54. The van der Waals surface area contributed by atoms with E-state index in [1.165, 1.54) is 0 Å². The summed E-state index contributed by atoms with van der Waals surface area (Å²) in [5.74, 6) is -0.747. The third kappa shape index (κ3) is 3.70. The van der Waals surface area contributed by atoms with E-state index in [1.807, 2.05) is 24.3 Å². The topological polar surface area (TPSA) is 52.6 Å². The molecule has 0 aliphatic carbocycles. The summed E-state index contributed by atoms with van der Waals surface area (Å²) in [4.78, 5) is 13.3. The molecule has 1 saturated heterocycles. The van der Waals surface area contributed by atoms with E-state index in [0.717, 1.165) is 23.1 Å². The monoisotopic (exact) mass is 326 g/mol. The van der Waals surface area contributed by atoms with Crippen molar-refractivity contribution in [3.05, 3.63) is 28.7 Å². The van der Waals surface area contributed by atoms with E-state index in [-0.39, 0.29) is 12.5 Å². The molecule has 0 radical (unpaired) electrons. The third-order valence-electron chi connectivity index (χ3n) is 3.52. The summed E-state index contributed by atoms with van der Waals surface area (Å²) in [6.45, 7) is 3.81. The fourth-order valence-electron chi connectivity index (χ4n) is 2.63. The van der Waals surface area contributed by atoms with Gasteiger partial charge in [0.15, 0.2) is 0 Å². The van der Waals surface area contributed by atoms with E-state index in [9.17, 15) is 4.79 Å². The molecule has 1 aliphatic rings. The van der Waals surface area contributed by atoms with Crippen LogP contribution in [0, 0.1) is 0 Å². The highest BCUT2D eigenvalue weighted by molar-refractivity contribution is 9.10. The van der Waals surface area contributed by atoms with E-state index >= 15 is 0 Å². The Bertz CT molecular complexity index is 436. The third-order valence-corrected chi connectivity index (χ3v) is 4.05. The van der Waals surface area contributed by atoms with Crippen LogP contribution in [0.15, 0.2) is 28.7 Å². The first-order valence-corrected chi connectivity index (χ1v) is 7.33. The van der Waals surface area contributed by atoms with Gasteiger partial charge in [-0.25, -0.2) is 0 Å². The van der Waals surface area contributed by atoms with Gasteiger partial charge in [0.2, 0.25) is 0 Å². The zero-order valence-electron chi connectivity index (χ0n) is 11.0. The van der Waals surface area contributed by atoms with Gasteiger partial charge < -0.3 is 15.3 Å². The molecule has 1 aromatic carbocycles. The minimum atomic E-state index is -0.747. The summed E-state index contributed by atoms with van der Waals surface area (Å²) in [5.41, 5.74) is 1.09. The lowest BCUT2D eigenvalue weighted by Crippen LogP contribution is -2.45. The molecule has 0 amide bonds. The summed E-state index contributed by atoms with van der Waals surface area (Å²) < 4.78 is 1.03. The number of anilines is 1. The highest BCUT2D eigenvalue weighted by atomic mass is 79.9. The molecule has 104 valence electrons. The molecule has 2 unspecified atom stereocenters. The average Bonchev–Trinajstić information content (AvgIpc) is 2.52. The molecule has 5 heteroatoms. The average molecular weight is 327 g/mol. The van der Waals surface area contributed by atoms with Crippen LogP contribution in [-0.2, 0) is 4.79 Å². The lowest BCUT2D eigenvalue weighted by Gasteiger charge is -2.36. The van der Waals surface area contributed by atoms with Crippen molar-refractivity contribution in [1.82, 2.24) is 5.32 Å². The number of benzene rings is 1. The van der Waals surface area contributed by atoms with Crippen LogP contribution in [0.25, 0.3) is 0 Å². The number of hydrogen-bond acceptors (Lipinski definition) is 3. The van der Waals surface area contributed by atoms with Crippen molar-refractivity contribution in [2.24, 2.45) is 0 Å². The highest BCUT2D eigenvalue weighted by Gasteiger charge is 2.27. The Morgan fingerprint density at radius 3 is 2.79 bits per heavy atom. The molecular weight excluding hydrogens is 308 g/mol. The van der Waals surface area contributed by atoms with E-state index in [4.69, 9.17) is 5.11 Å². The van der Waals surface area contributed by atoms with Gasteiger partial charge in [0.25, 0.3) is 0 Å². The largest absolute Gasteiger partial charge is 0.481 e. The molecule has 0 saturated carbocycles. The van der Waals surface area contributed by atoms with Crippen LogP contribution in [0.1, 0.15) is 19.8 Å². The molecule has 2 atom stereocenters. The van der Waals surface area contributed by atoms with Gasteiger partial charge in [0, 0.05) is 22.7 Å². The Morgan fingerprint density at radius 2 is 2.16 bits per heavy atom. The summed E-state index contributed by atoms with van der Waals surface area (Å²) in [5, 5.41) is 12.4. The predicted octanol–water partition coefficient (Wildman–Crippen LogP) is 2.48. The van der Waals surface area contributed by atoms with Crippen LogP contribution < -0.4 is 10.2 Å². The van der Waals surface area contributed by atoms with Gasteiger partial charge in [0.1, 0.15) is 0 Å². The molecule has 0 bridgehead atoms. The Balaban J connectivity index is 2.27. The quantitative estimate of drug-likeness (QED) is 0.896. The maximum absolute atomic E-state index is 11.1. The van der Waals surface area contributed by atoms with Crippen molar-refractivity contribution >= 4 is 27.6 Å². The van der Waals surface area contributed by atoms with Gasteiger partial charge in [-0.1, -0.05) is 15.9 Å².